The van der Waals surface area contributed by atoms with E-state index in [1.165, 1.54) is 81.3 Å². The largest absolute Gasteiger partial charge is 0.381 e. The number of fused-ring (bicyclic) bond motifs is 4. The smallest absolute Gasteiger partial charge is 0.0466 e. The molecule has 0 spiro atoms. The van der Waals surface area contributed by atoms with Crippen molar-refractivity contribution in [2.24, 2.45) is 0 Å². The van der Waals surface area contributed by atoms with Crippen LogP contribution < -0.4 is 0 Å². The minimum atomic E-state index is 0.604. The molecule has 1 fully saturated rings. The van der Waals surface area contributed by atoms with E-state index in [-0.39, 0.29) is 0 Å². The lowest BCUT2D eigenvalue weighted by molar-refractivity contribution is 0.198. The van der Waals surface area contributed by atoms with E-state index in [9.17, 15) is 0 Å². The van der Waals surface area contributed by atoms with Gasteiger partial charge >= 0.3 is 0 Å². The third kappa shape index (κ3) is 6.90. The van der Waals surface area contributed by atoms with E-state index >= 15 is 0 Å². The number of hydrogen-bond donors (Lipinski definition) is 0. The molecular formula is C44H44O. The van der Waals surface area contributed by atoms with Crippen LogP contribution in [0.3, 0.4) is 0 Å². The molecule has 9 rings (SSSR count). The van der Waals surface area contributed by atoms with Crippen molar-refractivity contribution in [3.8, 4) is 0 Å². The zero-order valence-corrected chi connectivity index (χ0v) is 26.3. The molecule has 2 unspecified atom stereocenters. The summed E-state index contributed by atoms with van der Waals surface area (Å²) < 4.78 is 4.94. The zero-order valence-electron chi connectivity index (χ0n) is 26.3. The highest BCUT2D eigenvalue weighted by molar-refractivity contribution is 5.77. The molecule has 0 bridgehead atoms. The van der Waals surface area contributed by atoms with E-state index in [2.05, 4.69) is 134 Å². The molecule has 1 heterocycles. The molecule has 0 aromatic heterocycles. The summed E-state index contributed by atoms with van der Waals surface area (Å²) in [6.45, 7) is 2.00. The molecule has 4 aromatic rings. The Balaban J connectivity index is 0.000000125. The monoisotopic (exact) mass is 588 g/mol. The Labute approximate surface area is 269 Å². The summed E-state index contributed by atoms with van der Waals surface area (Å²) >= 11 is 0. The van der Waals surface area contributed by atoms with Crippen molar-refractivity contribution in [1.82, 2.24) is 0 Å². The minimum Gasteiger partial charge on any atom is -0.381 e. The Morgan fingerprint density at radius 1 is 0.511 bits per heavy atom. The highest BCUT2D eigenvalue weighted by atomic mass is 16.5. The molecule has 1 saturated heterocycles. The van der Waals surface area contributed by atoms with Crippen molar-refractivity contribution >= 4 is 23.3 Å². The van der Waals surface area contributed by atoms with Gasteiger partial charge in [-0.3, -0.25) is 0 Å². The lowest BCUT2D eigenvalue weighted by Crippen LogP contribution is -1.98. The van der Waals surface area contributed by atoms with Crippen LogP contribution in [0.4, 0.5) is 0 Å². The molecule has 2 atom stereocenters. The van der Waals surface area contributed by atoms with E-state index < -0.39 is 0 Å². The summed E-state index contributed by atoms with van der Waals surface area (Å²) in [5.41, 5.74) is 14.8. The van der Waals surface area contributed by atoms with Crippen LogP contribution in [0.25, 0.3) is 23.3 Å². The van der Waals surface area contributed by atoms with Crippen molar-refractivity contribution in [2.45, 2.75) is 63.2 Å². The predicted molar refractivity (Wildman–Crippen MR) is 191 cm³/mol. The SMILES string of the molecule is C1=C(CCC2=CCc3ccccc32)c2ccccc2C1.C1=CC(CCC2C=Cc3ccccc32)c2ccccc21.C1CCOC1. The van der Waals surface area contributed by atoms with Crippen molar-refractivity contribution in [3.05, 3.63) is 166 Å². The Kier molecular flexibility index (Phi) is 9.36. The fourth-order valence-electron chi connectivity index (χ4n) is 7.47. The maximum absolute atomic E-state index is 4.94. The molecule has 4 aromatic carbocycles. The first-order chi connectivity index (χ1) is 22.3. The van der Waals surface area contributed by atoms with E-state index in [1.807, 2.05) is 0 Å². The first kappa shape index (κ1) is 29.5. The Morgan fingerprint density at radius 3 is 1.42 bits per heavy atom. The summed E-state index contributed by atoms with van der Waals surface area (Å²) in [5.74, 6) is 1.21. The van der Waals surface area contributed by atoms with Gasteiger partial charge in [0.05, 0.1) is 0 Å². The number of benzene rings is 4. The van der Waals surface area contributed by atoms with E-state index in [0.717, 1.165) is 38.9 Å². The molecule has 1 heteroatoms. The number of hydrogen-bond acceptors (Lipinski definition) is 1. The first-order valence-corrected chi connectivity index (χ1v) is 17.0. The van der Waals surface area contributed by atoms with Crippen molar-refractivity contribution < 1.29 is 4.74 Å². The quantitative estimate of drug-likeness (QED) is 0.218. The lowest BCUT2D eigenvalue weighted by atomic mass is 9.89. The highest BCUT2D eigenvalue weighted by Gasteiger charge is 2.21. The summed E-state index contributed by atoms with van der Waals surface area (Å²) in [4.78, 5) is 0. The van der Waals surface area contributed by atoms with Crippen LogP contribution in [0.2, 0.25) is 0 Å². The van der Waals surface area contributed by atoms with Gasteiger partial charge < -0.3 is 4.74 Å². The normalized spacial score (nSPS) is 19.4. The summed E-state index contributed by atoms with van der Waals surface area (Å²) in [6.07, 6.45) is 23.7. The first-order valence-electron chi connectivity index (χ1n) is 17.0. The fraction of sp³-hybridized carbons (Fsp3) is 0.273. The van der Waals surface area contributed by atoms with Gasteiger partial charge in [0, 0.05) is 25.0 Å². The fourth-order valence-corrected chi connectivity index (χ4v) is 7.47. The van der Waals surface area contributed by atoms with Gasteiger partial charge in [0.25, 0.3) is 0 Å². The molecular weight excluding hydrogens is 544 g/mol. The minimum absolute atomic E-state index is 0.604. The predicted octanol–water partition coefficient (Wildman–Crippen LogP) is 11.2. The van der Waals surface area contributed by atoms with Gasteiger partial charge in [0.1, 0.15) is 0 Å². The van der Waals surface area contributed by atoms with Gasteiger partial charge in [-0.25, -0.2) is 0 Å². The molecule has 4 aliphatic carbocycles. The van der Waals surface area contributed by atoms with E-state index in [0.29, 0.717) is 11.8 Å². The molecule has 0 saturated carbocycles. The van der Waals surface area contributed by atoms with Gasteiger partial charge in [-0.05, 0) is 107 Å². The topological polar surface area (TPSA) is 9.23 Å². The average molecular weight is 589 g/mol. The van der Waals surface area contributed by atoms with E-state index in [4.69, 9.17) is 4.74 Å². The molecule has 1 nitrogen and oxygen atoms in total. The van der Waals surface area contributed by atoms with Crippen LogP contribution >= 0.6 is 0 Å². The van der Waals surface area contributed by atoms with Gasteiger partial charge in [0.2, 0.25) is 0 Å². The second-order valence-electron chi connectivity index (χ2n) is 12.8. The van der Waals surface area contributed by atoms with Crippen LogP contribution in [0.1, 0.15) is 94.9 Å². The second kappa shape index (κ2) is 14.3. The zero-order chi connectivity index (χ0) is 30.3. The van der Waals surface area contributed by atoms with Gasteiger partial charge in [-0.1, -0.05) is 134 Å². The second-order valence-corrected chi connectivity index (χ2v) is 12.8. The third-order valence-electron chi connectivity index (χ3n) is 9.95. The van der Waals surface area contributed by atoms with Gasteiger partial charge in [-0.15, -0.1) is 0 Å². The standard InChI is InChI=1S/2C20H18.C4H8O/c2*1-3-7-19-15(5-1)9-11-17(19)13-14-18-12-10-16-6-2-4-8-20(16)18;1-2-4-5-3-1/h1-8,11-12H,9-10,13-14H2;1-12,17-18H,13-14H2;1-4H2. The van der Waals surface area contributed by atoms with Crippen LogP contribution in [-0.4, -0.2) is 13.2 Å². The molecule has 1 aliphatic heterocycles. The lowest BCUT2D eigenvalue weighted by Gasteiger charge is -2.15. The highest BCUT2D eigenvalue weighted by Crippen LogP contribution is 2.39. The van der Waals surface area contributed by atoms with Crippen molar-refractivity contribution in [1.29, 1.82) is 0 Å². The van der Waals surface area contributed by atoms with Crippen LogP contribution in [0.15, 0.2) is 121 Å². The number of rotatable bonds is 6. The Bertz CT molecular complexity index is 1610. The van der Waals surface area contributed by atoms with Crippen molar-refractivity contribution in [3.63, 3.8) is 0 Å². The molecule has 0 radical (unpaired) electrons. The van der Waals surface area contributed by atoms with Crippen molar-refractivity contribution in [2.75, 3.05) is 13.2 Å². The van der Waals surface area contributed by atoms with Gasteiger partial charge in [0.15, 0.2) is 0 Å². The maximum atomic E-state index is 4.94. The van der Waals surface area contributed by atoms with E-state index in [1.54, 1.807) is 0 Å². The average Bonchev–Trinajstić information content (AvgIpc) is 3.94. The molecule has 5 aliphatic rings. The summed E-state index contributed by atoms with van der Waals surface area (Å²) in [6, 6.07) is 35.2. The maximum Gasteiger partial charge on any atom is 0.0466 e. The van der Waals surface area contributed by atoms with Crippen LogP contribution in [0, 0.1) is 0 Å². The molecule has 45 heavy (non-hydrogen) atoms. The van der Waals surface area contributed by atoms with Crippen LogP contribution in [0.5, 0.6) is 0 Å². The number of ether oxygens (including phenoxy) is 1. The summed E-state index contributed by atoms with van der Waals surface area (Å²) in [7, 11) is 0. The Hall–Kier alpha value is -4.20. The Morgan fingerprint density at radius 2 is 0.956 bits per heavy atom. The molecule has 226 valence electrons. The number of allylic oxidation sites excluding steroid dienone is 6. The summed E-state index contributed by atoms with van der Waals surface area (Å²) in [5, 5.41) is 0. The van der Waals surface area contributed by atoms with Gasteiger partial charge in [-0.2, -0.15) is 0 Å². The molecule has 0 amide bonds. The molecule has 0 N–H and O–H groups in total. The van der Waals surface area contributed by atoms with Crippen LogP contribution in [-0.2, 0) is 17.6 Å². The third-order valence-corrected chi connectivity index (χ3v) is 9.95.